The molecule has 4 aromatic rings. The van der Waals surface area contributed by atoms with Crippen LogP contribution >= 0.6 is 0 Å². The molecule has 3 aromatic heterocycles. The monoisotopic (exact) mass is 394 g/mol. The van der Waals surface area contributed by atoms with E-state index in [0.717, 1.165) is 12.1 Å². The van der Waals surface area contributed by atoms with Crippen LogP contribution in [0.4, 0.5) is 14.6 Å². The van der Waals surface area contributed by atoms with Crippen LogP contribution in [0.5, 0.6) is 0 Å². The van der Waals surface area contributed by atoms with Crippen molar-refractivity contribution in [3.8, 4) is 11.3 Å². The topological polar surface area (TPSA) is 141 Å². The molecule has 29 heavy (non-hydrogen) atoms. The molecule has 3 heterocycles. The van der Waals surface area contributed by atoms with Crippen LogP contribution in [0.3, 0.4) is 0 Å². The number of aromatic amines is 1. The van der Waals surface area contributed by atoms with Crippen LogP contribution in [0.25, 0.3) is 22.3 Å². The van der Waals surface area contributed by atoms with Gasteiger partial charge in [0, 0.05) is 28.9 Å². The number of H-pyrrole nitrogens is 1. The maximum atomic E-state index is 14.6. The number of nitrogens with one attached hydrogen (secondary N) is 1. The van der Waals surface area contributed by atoms with Crippen LogP contribution in [0.2, 0.25) is 0 Å². The molecule has 0 saturated carbocycles. The van der Waals surface area contributed by atoms with E-state index in [2.05, 4.69) is 19.9 Å². The number of fused-ring (bicyclic) bond motifs is 1. The van der Waals surface area contributed by atoms with E-state index in [4.69, 9.17) is 11.5 Å². The van der Waals surface area contributed by atoms with E-state index in [1.54, 1.807) is 6.07 Å². The zero-order valence-corrected chi connectivity index (χ0v) is 14.6. The molecular formula is C19H12F2N6O2. The minimum absolute atomic E-state index is 0.0304. The zero-order chi connectivity index (χ0) is 20.7. The van der Waals surface area contributed by atoms with Crippen LogP contribution in [0, 0.1) is 11.6 Å². The van der Waals surface area contributed by atoms with Gasteiger partial charge in [0.05, 0.1) is 29.2 Å². The van der Waals surface area contributed by atoms with Gasteiger partial charge in [-0.1, -0.05) is 0 Å². The van der Waals surface area contributed by atoms with Crippen molar-refractivity contribution in [2.45, 2.75) is 0 Å². The van der Waals surface area contributed by atoms with Crippen LogP contribution in [0.15, 0.2) is 43.0 Å². The lowest BCUT2D eigenvalue weighted by atomic mass is 9.99. The average Bonchev–Trinajstić information content (AvgIpc) is 3.11. The van der Waals surface area contributed by atoms with E-state index in [0.29, 0.717) is 22.3 Å². The van der Waals surface area contributed by atoms with Gasteiger partial charge in [0.15, 0.2) is 0 Å². The number of carbonyl (C=O) groups excluding carboxylic acids is 2. The summed E-state index contributed by atoms with van der Waals surface area (Å²) in [6, 6.07) is 3.29. The SMILES string of the molecule is NC(=O)c1ccc(F)c(C(=O)c2c[nH]c3ncc(-c4cnc(N)cn4)cc23)c1F. The third kappa shape index (κ3) is 3.06. The van der Waals surface area contributed by atoms with E-state index in [1.165, 1.54) is 24.8 Å². The molecule has 144 valence electrons. The van der Waals surface area contributed by atoms with Gasteiger partial charge >= 0.3 is 0 Å². The number of anilines is 1. The molecule has 0 spiro atoms. The molecule has 5 N–H and O–H groups in total. The lowest BCUT2D eigenvalue weighted by Gasteiger charge is -2.07. The number of benzene rings is 1. The lowest BCUT2D eigenvalue weighted by Crippen LogP contribution is -2.17. The molecule has 0 unspecified atom stereocenters. The Balaban J connectivity index is 1.86. The summed E-state index contributed by atoms with van der Waals surface area (Å²) in [4.78, 5) is 39.3. The second kappa shape index (κ2) is 6.75. The Bertz CT molecular complexity index is 1280. The number of hydrogen-bond acceptors (Lipinski definition) is 6. The van der Waals surface area contributed by atoms with E-state index >= 15 is 0 Å². The standard InChI is InChI=1S/C19H12F2N6O2/c20-12-2-1-9(18(23)29)16(21)15(12)17(28)11-5-27-19-10(11)3-8(4-26-19)13-6-25-14(22)7-24-13/h1-7H,(H2,22,25)(H2,23,29)(H,26,27). The van der Waals surface area contributed by atoms with Crippen molar-refractivity contribution in [1.82, 2.24) is 19.9 Å². The Kier molecular flexibility index (Phi) is 4.23. The van der Waals surface area contributed by atoms with Crippen molar-refractivity contribution in [3.63, 3.8) is 0 Å². The number of nitrogens with two attached hydrogens (primary N) is 2. The molecule has 0 atom stereocenters. The van der Waals surface area contributed by atoms with E-state index in [-0.39, 0.29) is 11.4 Å². The summed E-state index contributed by atoms with van der Waals surface area (Å²) < 4.78 is 28.8. The number of pyridine rings is 1. The predicted molar refractivity (Wildman–Crippen MR) is 99.8 cm³/mol. The van der Waals surface area contributed by atoms with Crippen molar-refractivity contribution >= 4 is 28.5 Å². The Morgan fingerprint density at radius 2 is 1.79 bits per heavy atom. The van der Waals surface area contributed by atoms with Crippen molar-refractivity contribution < 1.29 is 18.4 Å². The van der Waals surface area contributed by atoms with Gasteiger partial charge in [-0.2, -0.15) is 0 Å². The minimum atomic E-state index is -1.31. The van der Waals surface area contributed by atoms with Gasteiger partial charge < -0.3 is 16.5 Å². The summed E-state index contributed by atoms with van der Waals surface area (Å²) in [7, 11) is 0. The molecule has 0 fully saturated rings. The van der Waals surface area contributed by atoms with Gasteiger partial charge in [0.1, 0.15) is 23.1 Å². The molecule has 0 saturated heterocycles. The van der Waals surface area contributed by atoms with Crippen LogP contribution < -0.4 is 11.5 Å². The number of carbonyl (C=O) groups is 2. The fraction of sp³-hybridized carbons (Fsp3) is 0. The largest absolute Gasteiger partial charge is 0.382 e. The highest BCUT2D eigenvalue weighted by Gasteiger charge is 2.26. The summed E-state index contributed by atoms with van der Waals surface area (Å²) in [5, 5.41) is 0.314. The number of rotatable bonds is 4. The predicted octanol–water partition coefficient (Wildman–Crippen LogP) is 2.21. The molecule has 10 heteroatoms. The third-order valence-corrected chi connectivity index (χ3v) is 4.33. The van der Waals surface area contributed by atoms with Crippen molar-refractivity contribution in [2.24, 2.45) is 5.73 Å². The fourth-order valence-corrected chi connectivity index (χ4v) is 2.90. The maximum Gasteiger partial charge on any atom is 0.251 e. The molecule has 0 aliphatic rings. The first kappa shape index (κ1) is 18.2. The van der Waals surface area contributed by atoms with Crippen molar-refractivity contribution in [1.29, 1.82) is 0 Å². The van der Waals surface area contributed by atoms with Gasteiger partial charge in [-0.3, -0.25) is 14.6 Å². The highest BCUT2D eigenvalue weighted by atomic mass is 19.1. The number of nitrogen functional groups attached to an aromatic ring is 1. The van der Waals surface area contributed by atoms with Gasteiger partial charge in [0.2, 0.25) is 5.78 Å². The molecule has 0 aliphatic heterocycles. The van der Waals surface area contributed by atoms with Crippen LogP contribution in [0.1, 0.15) is 26.3 Å². The number of amides is 1. The first-order valence-electron chi connectivity index (χ1n) is 8.24. The highest BCUT2D eigenvalue weighted by Crippen LogP contribution is 2.27. The third-order valence-electron chi connectivity index (χ3n) is 4.33. The van der Waals surface area contributed by atoms with Crippen LogP contribution in [-0.2, 0) is 0 Å². The molecule has 0 aliphatic carbocycles. The first-order chi connectivity index (χ1) is 13.9. The molecule has 1 aromatic carbocycles. The summed E-state index contributed by atoms with van der Waals surface area (Å²) in [5.41, 5.74) is 10.4. The fourth-order valence-electron chi connectivity index (χ4n) is 2.90. The molecule has 0 bridgehead atoms. The lowest BCUT2D eigenvalue weighted by molar-refractivity contribution is 0.0996. The second-order valence-electron chi connectivity index (χ2n) is 6.13. The smallest absolute Gasteiger partial charge is 0.251 e. The molecule has 1 amide bonds. The normalized spacial score (nSPS) is 11.0. The number of aromatic nitrogens is 4. The number of nitrogens with zero attached hydrogens (tertiary/aromatic N) is 3. The zero-order valence-electron chi connectivity index (χ0n) is 14.6. The Hall–Kier alpha value is -4.21. The van der Waals surface area contributed by atoms with Gasteiger partial charge in [-0.05, 0) is 18.2 Å². The van der Waals surface area contributed by atoms with E-state index in [1.807, 2.05) is 0 Å². The summed E-state index contributed by atoms with van der Waals surface area (Å²) >= 11 is 0. The second-order valence-corrected chi connectivity index (χ2v) is 6.13. The summed E-state index contributed by atoms with van der Waals surface area (Å²) in [6.07, 6.45) is 5.58. The maximum absolute atomic E-state index is 14.6. The Labute approximate surface area is 161 Å². The Morgan fingerprint density at radius 3 is 2.48 bits per heavy atom. The van der Waals surface area contributed by atoms with Gasteiger partial charge in [0.25, 0.3) is 5.91 Å². The van der Waals surface area contributed by atoms with Crippen molar-refractivity contribution in [2.75, 3.05) is 5.73 Å². The van der Waals surface area contributed by atoms with Crippen LogP contribution in [-0.4, -0.2) is 31.6 Å². The van der Waals surface area contributed by atoms with E-state index in [9.17, 15) is 18.4 Å². The first-order valence-corrected chi connectivity index (χ1v) is 8.24. The van der Waals surface area contributed by atoms with Gasteiger partial charge in [-0.25, -0.2) is 18.7 Å². The number of halogens is 2. The molecule has 4 rings (SSSR count). The summed E-state index contributed by atoms with van der Waals surface area (Å²) in [5.74, 6) is -4.26. The van der Waals surface area contributed by atoms with Gasteiger partial charge in [-0.15, -0.1) is 0 Å². The molecule has 8 nitrogen and oxygen atoms in total. The quantitative estimate of drug-likeness (QED) is 0.453. The average molecular weight is 394 g/mol. The van der Waals surface area contributed by atoms with E-state index < -0.39 is 34.5 Å². The molecular weight excluding hydrogens is 382 g/mol. The number of primary amides is 1. The Morgan fingerprint density at radius 1 is 1.00 bits per heavy atom. The number of ketones is 1. The highest BCUT2D eigenvalue weighted by molar-refractivity contribution is 6.17. The van der Waals surface area contributed by atoms with Crippen molar-refractivity contribution in [3.05, 3.63) is 71.3 Å². The molecule has 0 radical (unpaired) electrons. The summed E-state index contributed by atoms with van der Waals surface area (Å²) in [6.45, 7) is 0. The number of hydrogen-bond donors (Lipinski definition) is 3. The minimum Gasteiger partial charge on any atom is -0.382 e.